The predicted octanol–water partition coefficient (Wildman–Crippen LogP) is 0.906. The quantitative estimate of drug-likeness (QED) is 0.763. The summed E-state index contributed by atoms with van der Waals surface area (Å²) in [5, 5.41) is 3.37. The summed E-state index contributed by atoms with van der Waals surface area (Å²) >= 11 is 0. The van der Waals surface area contributed by atoms with Gasteiger partial charge in [0.2, 0.25) is 0 Å². The van der Waals surface area contributed by atoms with Crippen LogP contribution in [0.3, 0.4) is 0 Å². The third-order valence-electron chi connectivity index (χ3n) is 2.81. The molecular formula is C12H17N3O. The van der Waals surface area contributed by atoms with E-state index >= 15 is 0 Å². The molecule has 86 valence electrons. The summed E-state index contributed by atoms with van der Waals surface area (Å²) in [6.45, 7) is 4.71. The topological polar surface area (TPSA) is 45.2 Å². The van der Waals surface area contributed by atoms with Gasteiger partial charge in [-0.1, -0.05) is 0 Å². The van der Waals surface area contributed by atoms with Crippen LogP contribution in [0.25, 0.3) is 0 Å². The fraction of sp³-hybridized carbons (Fsp3) is 0.500. The molecule has 0 radical (unpaired) electrons. The summed E-state index contributed by atoms with van der Waals surface area (Å²) in [6, 6.07) is 3.91. The highest BCUT2D eigenvalue weighted by Gasteiger charge is 2.19. The van der Waals surface area contributed by atoms with Gasteiger partial charge in [-0.15, -0.1) is 0 Å². The van der Waals surface area contributed by atoms with Gasteiger partial charge in [0.15, 0.2) is 0 Å². The predicted molar refractivity (Wildman–Crippen MR) is 62.2 cm³/mol. The van der Waals surface area contributed by atoms with Crippen molar-refractivity contribution < 1.29 is 4.79 Å². The van der Waals surface area contributed by atoms with Crippen molar-refractivity contribution in [1.82, 2.24) is 15.2 Å². The Morgan fingerprint density at radius 2 is 2.25 bits per heavy atom. The van der Waals surface area contributed by atoms with Crippen molar-refractivity contribution in [1.29, 1.82) is 0 Å². The fourth-order valence-corrected chi connectivity index (χ4v) is 1.97. The Morgan fingerprint density at radius 1 is 1.50 bits per heavy atom. The van der Waals surface area contributed by atoms with Crippen LogP contribution in [-0.2, 0) is 0 Å². The molecule has 1 aromatic rings. The molecule has 1 aromatic heterocycles. The summed E-state index contributed by atoms with van der Waals surface area (Å²) in [5.74, 6) is 0.109. The lowest BCUT2D eigenvalue weighted by atomic mass is 10.2. The smallest absolute Gasteiger partial charge is 0.254 e. The van der Waals surface area contributed by atoms with Crippen LogP contribution < -0.4 is 5.32 Å². The van der Waals surface area contributed by atoms with Crippen LogP contribution in [0.1, 0.15) is 23.7 Å². The molecule has 0 saturated carbocycles. The Kier molecular flexibility index (Phi) is 3.51. The molecule has 2 heterocycles. The third-order valence-corrected chi connectivity index (χ3v) is 2.81. The van der Waals surface area contributed by atoms with Gasteiger partial charge in [-0.25, -0.2) is 0 Å². The molecule has 1 unspecified atom stereocenters. The second kappa shape index (κ2) is 5.07. The number of carbonyl (C=O) groups excluding carboxylic acids is 1. The molecule has 16 heavy (non-hydrogen) atoms. The van der Waals surface area contributed by atoms with Gasteiger partial charge in [-0.05, 0) is 32.0 Å². The van der Waals surface area contributed by atoms with Gasteiger partial charge < -0.3 is 10.2 Å². The number of nitrogens with one attached hydrogen (secondary N) is 1. The number of amides is 1. The highest BCUT2D eigenvalue weighted by Crippen LogP contribution is 2.07. The van der Waals surface area contributed by atoms with Crippen molar-refractivity contribution in [2.45, 2.75) is 19.4 Å². The van der Waals surface area contributed by atoms with E-state index in [1.165, 1.54) is 0 Å². The number of hydrogen-bond donors (Lipinski definition) is 1. The normalized spacial score (nSPS) is 21.6. The average Bonchev–Trinajstić information content (AvgIpc) is 2.54. The van der Waals surface area contributed by atoms with E-state index in [2.05, 4.69) is 17.2 Å². The molecule has 1 atom stereocenters. The van der Waals surface area contributed by atoms with Crippen LogP contribution in [-0.4, -0.2) is 41.5 Å². The van der Waals surface area contributed by atoms with Crippen molar-refractivity contribution in [2.24, 2.45) is 0 Å². The molecule has 0 spiro atoms. The maximum absolute atomic E-state index is 12.2. The minimum Gasteiger partial charge on any atom is -0.337 e. The van der Waals surface area contributed by atoms with E-state index in [1.807, 2.05) is 4.90 Å². The molecule has 0 aromatic carbocycles. The van der Waals surface area contributed by atoms with Crippen LogP contribution in [0.5, 0.6) is 0 Å². The summed E-state index contributed by atoms with van der Waals surface area (Å²) < 4.78 is 0. The Morgan fingerprint density at radius 3 is 3.00 bits per heavy atom. The molecule has 1 N–H and O–H groups in total. The lowest BCUT2D eigenvalue weighted by Crippen LogP contribution is -2.38. The van der Waals surface area contributed by atoms with Gasteiger partial charge in [-0.3, -0.25) is 9.78 Å². The van der Waals surface area contributed by atoms with Crippen molar-refractivity contribution in [3.8, 4) is 0 Å². The van der Waals surface area contributed by atoms with Crippen molar-refractivity contribution in [2.75, 3.05) is 19.6 Å². The number of hydrogen-bond acceptors (Lipinski definition) is 3. The van der Waals surface area contributed by atoms with E-state index in [-0.39, 0.29) is 5.91 Å². The van der Waals surface area contributed by atoms with E-state index in [9.17, 15) is 4.79 Å². The molecule has 0 bridgehead atoms. The molecular weight excluding hydrogens is 202 g/mol. The molecule has 2 rings (SSSR count). The van der Waals surface area contributed by atoms with Crippen molar-refractivity contribution in [3.63, 3.8) is 0 Å². The van der Waals surface area contributed by atoms with Crippen LogP contribution in [0.2, 0.25) is 0 Å². The number of rotatable bonds is 1. The summed E-state index contributed by atoms with van der Waals surface area (Å²) in [6.07, 6.45) is 4.33. The van der Waals surface area contributed by atoms with Gasteiger partial charge in [0.05, 0.1) is 0 Å². The Labute approximate surface area is 95.7 Å². The van der Waals surface area contributed by atoms with Crippen LogP contribution in [0, 0.1) is 0 Å². The molecule has 1 fully saturated rings. The number of carbonyl (C=O) groups is 1. The van der Waals surface area contributed by atoms with Crippen LogP contribution >= 0.6 is 0 Å². The molecule has 4 heteroatoms. The highest BCUT2D eigenvalue weighted by molar-refractivity contribution is 5.94. The van der Waals surface area contributed by atoms with E-state index in [0.717, 1.165) is 31.6 Å². The largest absolute Gasteiger partial charge is 0.337 e. The molecule has 0 aliphatic carbocycles. The first-order valence-electron chi connectivity index (χ1n) is 5.70. The highest BCUT2D eigenvalue weighted by atomic mass is 16.2. The maximum atomic E-state index is 12.2. The first-order valence-corrected chi connectivity index (χ1v) is 5.70. The van der Waals surface area contributed by atoms with Crippen LogP contribution in [0.4, 0.5) is 0 Å². The maximum Gasteiger partial charge on any atom is 0.254 e. The Bertz CT molecular complexity index is 353. The van der Waals surface area contributed by atoms with Gasteiger partial charge in [0.25, 0.3) is 5.91 Å². The van der Waals surface area contributed by atoms with Gasteiger partial charge in [-0.2, -0.15) is 0 Å². The van der Waals surface area contributed by atoms with Crippen molar-refractivity contribution >= 4 is 5.91 Å². The van der Waals surface area contributed by atoms with Gasteiger partial charge in [0, 0.05) is 37.1 Å². The first kappa shape index (κ1) is 11.1. The second-order valence-corrected chi connectivity index (χ2v) is 4.20. The second-order valence-electron chi connectivity index (χ2n) is 4.20. The summed E-state index contributed by atoms with van der Waals surface area (Å²) in [4.78, 5) is 18.0. The first-order chi connectivity index (χ1) is 7.77. The zero-order valence-electron chi connectivity index (χ0n) is 9.52. The molecule has 1 amide bonds. The van der Waals surface area contributed by atoms with E-state index < -0.39 is 0 Å². The standard InChI is InChI=1S/C12H17N3O/c1-10-9-15(8-2-5-14-10)12(16)11-3-6-13-7-4-11/h3-4,6-7,10,14H,2,5,8-9H2,1H3. The third kappa shape index (κ3) is 2.58. The molecule has 4 nitrogen and oxygen atoms in total. The van der Waals surface area contributed by atoms with Crippen molar-refractivity contribution in [3.05, 3.63) is 30.1 Å². The lowest BCUT2D eigenvalue weighted by Gasteiger charge is -2.22. The molecule has 1 aliphatic rings. The SMILES string of the molecule is CC1CN(C(=O)c2ccncc2)CCCN1. The average molecular weight is 219 g/mol. The number of aromatic nitrogens is 1. The van der Waals surface area contributed by atoms with Gasteiger partial charge in [0.1, 0.15) is 0 Å². The van der Waals surface area contributed by atoms with E-state index in [0.29, 0.717) is 6.04 Å². The number of pyridine rings is 1. The van der Waals surface area contributed by atoms with Crippen LogP contribution in [0.15, 0.2) is 24.5 Å². The molecule has 1 saturated heterocycles. The minimum atomic E-state index is 0.109. The Balaban J connectivity index is 2.09. The lowest BCUT2D eigenvalue weighted by molar-refractivity contribution is 0.0755. The Hall–Kier alpha value is -1.42. The zero-order valence-corrected chi connectivity index (χ0v) is 9.52. The van der Waals surface area contributed by atoms with E-state index in [4.69, 9.17) is 0 Å². The zero-order chi connectivity index (χ0) is 11.4. The van der Waals surface area contributed by atoms with E-state index in [1.54, 1.807) is 24.5 Å². The van der Waals surface area contributed by atoms with Gasteiger partial charge >= 0.3 is 0 Å². The number of nitrogens with zero attached hydrogens (tertiary/aromatic N) is 2. The summed E-state index contributed by atoms with van der Waals surface area (Å²) in [7, 11) is 0. The monoisotopic (exact) mass is 219 g/mol. The summed E-state index contributed by atoms with van der Waals surface area (Å²) in [5.41, 5.74) is 0.726. The molecule has 1 aliphatic heterocycles. The minimum absolute atomic E-state index is 0.109. The fourth-order valence-electron chi connectivity index (χ4n) is 1.97.